The minimum Gasteiger partial charge on any atom is -0.490 e. The van der Waals surface area contributed by atoms with E-state index < -0.39 is 0 Å². The topological polar surface area (TPSA) is 59.6 Å². The lowest BCUT2D eigenvalue weighted by Gasteiger charge is -2.28. The molecule has 0 bridgehead atoms. The van der Waals surface area contributed by atoms with Crippen molar-refractivity contribution in [2.45, 2.75) is 52.1 Å². The van der Waals surface area contributed by atoms with E-state index >= 15 is 0 Å². The van der Waals surface area contributed by atoms with Crippen LogP contribution in [0.4, 0.5) is 0 Å². The van der Waals surface area contributed by atoms with Gasteiger partial charge in [0.25, 0.3) is 5.91 Å². The van der Waals surface area contributed by atoms with E-state index in [0.29, 0.717) is 41.3 Å². The predicted molar refractivity (Wildman–Crippen MR) is 104 cm³/mol. The monoisotopic (exact) mass is 390 g/mol. The minimum absolute atomic E-state index is 0. The zero-order valence-corrected chi connectivity index (χ0v) is 16.6. The van der Waals surface area contributed by atoms with Gasteiger partial charge in [0.05, 0.1) is 18.2 Å². The van der Waals surface area contributed by atoms with Crippen molar-refractivity contribution < 1.29 is 14.3 Å². The lowest BCUT2D eigenvalue weighted by molar-refractivity contribution is 0.0925. The van der Waals surface area contributed by atoms with Crippen LogP contribution in [-0.4, -0.2) is 37.7 Å². The van der Waals surface area contributed by atoms with E-state index in [0.717, 1.165) is 25.8 Å². The van der Waals surface area contributed by atoms with Crippen LogP contribution in [0, 0.1) is 0 Å². The Morgan fingerprint density at radius 3 is 2.76 bits per heavy atom. The molecule has 0 radical (unpaired) electrons. The van der Waals surface area contributed by atoms with Gasteiger partial charge in [-0.05, 0) is 51.8 Å². The van der Waals surface area contributed by atoms with E-state index in [1.165, 1.54) is 0 Å². The summed E-state index contributed by atoms with van der Waals surface area (Å²) >= 11 is 6.32. The lowest BCUT2D eigenvalue weighted by Crippen LogP contribution is -2.46. The molecule has 7 heteroatoms. The Bertz CT molecular complexity index is 569. The number of carbonyl (C=O) groups is 1. The predicted octanol–water partition coefficient (Wildman–Crippen LogP) is 3.82. The quantitative estimate of drug-likeness (QED) is 0.742. The minimum atomic E-state index is -0.126. The molecule has 25 heavy (non-hydrogen) atoms. The van der Waals surface area contributed by atoms with Gasteiger partial charge in [-0.2, -0.15) is 0 Å². The number of nitrogens with one attached hydrogen (secondary N) is 2. The summed E-state index contributed by atoms with van der Waals surface area (Å²) in [5, 5.41) is 6.87. The maximum Gasteiger partial charge on any atom is 0.251 e. The van der Waals surface area contributed by atoms with Gasteiger partial charge in [0, 0.05) is 17.6 Å². The number of amides is 1. The third-order valence-corrected chi connectivity index (χ3v) is 4.26. The molecule has 0 aromatic heterocycles. The van der Waals surface area contributed by atoms with Crippen LogP contribution in [0.3, 0.4) is 0 Å². The third kappa shape index (κ3) is 6.24. The fourth-order valence-corrected chi connectivity index (χ4v) is 3.10. The van der Waals surface area contributed by atoms with Gasteiger partial charge in [-0.15, -0.1) is 12.4 Å². The van der Waals surface area contributed by atoms with E-state index in [1.54, 1.807) is 12.1 Å². The Morgan fingerprint density at radius 2 is 2.12 bits per heavy atom. The van der Waals surface area contributed by atoms with Crippen LogP contribution in [0.5, 0.6) is 11.5 Å². The second-order valence-electron chi connectivity index (χ2n) is 6.12. The zero-order chi connectivity index (χ0) is 17.5. The van der Waals surface area contributed by atoms with Crippen molar-refractivity contribution in [3.63, 3.8) is 0 Å². The molecule has 0 aliphatic carbocycles. The van der Waals surface area contributed by atoms with Crippen molar-refractivity contribution in [3.8, 4) is 11.5 Å². The van der Waals surface area contributed by atoms with Gasteiger partial charge in [0.2, 0.25) is 0 Å². The fourth-order valence-electron chi connectivity index (χ4n) is 2.84. The average Bonchev–Trinajstić information content (AvgIpc) is 2.54. The summed E-state index contributed by atoms with van der Waals surface area (Å²) in [7, 11) is 0. The van der Waals surface area contributed by atoms with E-state index in [1.807, 2.05) is 13.8 Å². The normalized spacial score (nSPS) is 19.7. The number of carbonyl (C=O) groups excluding carboxylic acids is 1. The van der Waals surface area contributed by atoms with Crippen molar-refractivity contribution >= 4 is 29.9 Å². The maximum atomic E-state index is 12.6. The summed E-state index contributed by atoms with van der Waals surface area (Å²) in [6.07, 6.45) is 2.73. The molecule has 1 heterocycles. The van der Waals surface area contributed by atoms with Gasteiger partial charge in [-0.3, -0.25) is 4.79 Å². The SMILES string of the molecule is CCCOc1c(Cl)cc(C(=O)NC2CCNC(C)C2)cc1OCC.Cl. The molecule has 1 aromatic carbocycles. The summed E-state index contributed by atoms with van der Waals surface area (Å²) in [6, 6.07) is 3.95. The number of hydrogen-bond acceptors (Lipinski definition) is 4. The first-order valence-corrected chi connectivity index (χ1v) is 9.06. The molecule has 1 aliphatic rings. The summed E-state index contributed by atoms with van der Waals surface area (Å²) in [5.41, 5.74) is 0.499. The molecule has 0 spiro atoms. The van der Waals surface area contributed by atoms with E-state index in [2.05, 4.69) is 17.6 Å². The molecule has 1 saturated heterocycles. The zero-order valence-electron chi connectivity index (χ0n) is 15.1. The first kappa shape index (κ1) is 21.9. The van der Waals surface area contributed by atoms with Crippen LogP contribution in [0.1, 0.15) is 50.4 Å². The van der Waals surface area contributed by atoms with Crippen molar-refractivity contribution in [1.29, 1.82) is 0 Å². The highest BCUT2D eigenvalue weighted by molar-refractivity contribution is 6.32. The van der Waals surface area contributed by atoms with Crippen molar-refractivity contribution in [2.75, 3.05) is 19.8 Å². The van der Waals surface area contributed by atoms with Gasteiger partial charge < -0.3 is 20.1 Å². The lowest BCUT2D eigenvalue weighted by atomic mass is 10.00. The Kier molecular flexibility index (Phi) is 9.39. The Labute approximate surface area is 161 Å². The molecular weight excluding hydrogens is 363 g/mol. The first-order chi connectivity index (χ1) is 11.5. The fraction of sp³-hybridized carbons (Fsp3) is 0.611. The molecule has 1 aliphatic heterocycles. The number of rotatable bonds is 7. The average molecular weight is 391 g/mol. The number of hydrogen-bond donors (Lipinski definition) is 2. The Balaban J connectivity index is 0.00000312. The highest BCUT2D eigenvalue weighted by Gasteiger charge is 2.22. The standard InChI is InChI=1S/C18H27ClN2O3.ClH/c1-4-8-24-17-15(19)10-13(11-16(17)23-5-2)18(22)21-14-6-7-20-12(3)9-14;/h10-12,14,20H,4-9H2,1-3H3,(H,21,22);1H. The van der Waals surface area contributed by atoms with Crippen LogP contribution < -0.4 is 20.1 Å². The second-order valence-corrected chi connectivity index (χ2v) is 6.52. The molecule has 2 unspecified atom stereocenters. The van der Waals surface area contributed by atoms with Crippen LogP contribution in [-0.2, 0) is 0 Å². The van der Waals surface area contributed by atoms with Crippen molar-refractivity contribution in [1.82, 2.24) is 10.6 Å². The van der Waals surface area contributed by atoms with Crippen molar-refractivity contribution in [3.05, 3.63) is 22.7 Å². The summed E-state index contributed by atoms with van der Waals surface area (Å²) in [6.45, 7) is 7.99. The molecule has 142 valence electrons. The van der Waals surface area contributed by atoms with Crippen LogP contribution in [0.25, 0.3) is 0 Å². The molecule has 2 N–H and O–H groups in total. The largest absolute Gasteiger partial charge is 0.490 e. The van der Waals surface area contributed by atoms with Gasteiger partial charge in [-0.1, -0.05) is 18.5 Å². The highest BCUT2D eigenvalue weighted by atomic mass is 35.5. The van der Waals surface area contributed by atoms with Gasteiger partial charge in [-0.25, -0.2) is 0 Å². The van der Waals surface area contributed by atoms with Crippen LogP contribution >= 0.6 is 24.0 Å². The van der Waals surface area contributed by atoms with E-state index in [4.69, 9.17) is 21.1 Å². The highest BCUT2D eigenvalue weighted by Crippen LogP contribution is 2.37. The van der Waals surface area contributed by atoms with Gasteiger partial charge >= 0.3 is 0 Å². The molecule has 2 rings (SSSR count). The molecule has 2 atom stereocenters. The van der Waals surface area contributed by atoms with Crippen LogP contribution in [0.2, 0.25) is 5.02 Å². The molecule has 1 fully saturated rings. The number of halogens is 2. The van der Waals surface area contributed by atoms with Crippen molar-refractivity contribution in [2.24, 2.45) is 0 Å². The second kappa shape index (κ2) is 10.7. The van der Waals surface area contributed by atoms with E-state index in [-0.39, 0.29) is 24.4 Å². The molecule has 1 amide bonds. The Morgan fingerprint density at radius 1 is 1.36 bits per heavy atom. The first-order valence-electron chi connectivity index (χ1n) is 8.68. The van der Waals surface area contributed by atoms with E-state index in [9.17, 15) is 4.79 Å². The third-order valence-electron chi connectivity index (χ3n) is 3.98. The van der Waals surface area contributed by atoms with Gasteiger partial charge in [0.15, 0.2) is 11.5 Å². The molecule has 0 saturated carbocycles. The molecule has 5 nitrogen and oxygen atoms in total. The molecular formula is C18H28Cl2N2O3. The summed E-state index contributed by atoms with van der Waals surface area (Å²) in [5.74, 6) is 0.897. The number of ether oxygens (including phenoxy) is 2. The smallest absolute Gasteiger partial charge is 0.251 e. The molecule has 1 aromatic rings. The Hall–Kier alpha value is -1.17. The van der Waals surface area contributed by atoms with Crippen LogP contribution in [0.15, 0.2) is 12.1 Å². The summed E-state index contributed by atoms with van der Waals surface area (Å²) < 4.78 is 11.3. The number of piperidine rings is 1. The number of benzene rings is 1. The van der Waals surface area contributed by atoms with Gasteiger partial charge in [0.1, 0.15) is 0 Å². The maximum absolute atomic E-state index is 12.6. The summed E-state index contributed by atoms with van der Waals surface area (Å²) in [4.78, 5) is 12.6.